The van der Waals surface area contributed by atoms with E-state index in [1.807, 2.05) is 41.2 Å². The van der Waals surface area contributed by atoms with E-state index in [4.69, 9.17) is 11.6 Å². The summed E-state index contributed by atoms with van der Waals surface area (Å²) < 4.78 is 1.94. The summed E-state index contributed by atoms with van der Waals surface area (Å²) in [7, 11) is 0. The van der Waals surface area contributed by atoms with E-state index in [0.29, 0.717) is 10.9 Å². The van der Waals surface area contributed by atoms with Crippen LogP contribution in [0.5, 0.6) is 0 Å². The van der Waals surface area contributed by atoms with Crippen LogP contribution < -0.4 is 5.32 Å². The maximum atomic E-state index is 12.0. The lowest BCUT2D eigenvalue weighted by atomic mass is 10.2. The zero-order chi connectivity index (χ0) is 13.4. The van der Waals surface area contributed by atoms with Crippen LogP contribution in [-0.4, -0.2) is 10.5 Å². The maximum Gasteiger partial charge on any atom is 0.227 e. The van der Waals surface area contributed by atoms with Crippen LogP contribution in [0, 0.1) is 11.8 Å². The summed E-state index contributed by atoms with van der Waals surface area (Å²) in [5.74, 6) is 0.763. The van der Waals surface area contributed by atoms with Crippen LogP contribution in [0.3, 0.4) is 0 Å². The number of aromatic nitrogens is 1. The van der Waals surface area contributed by atoms with Crippen molar-refractivity contribution in [2.75, 3.05) is 5.32 Å². The highest BCUT2D eigenvalue weighted by atomic mass is 35.5. The lowest BCUT2D eigenvalue weighted by Gasteiger charge is -2.12. The molecule has 0 spiro atoms. The van der Waals surface area contributed by atoms with Gasteiger partial charge >= 0.3 is 0 Å². The van der Waals surface area contributed by atoms with Gasteiger partial charge in [-0.1, -0.05) is 18.5 Å². The summed E-state index contributed by atoms with van der Waals surface area (Å²) in [6.07, 6.45) is 4.85. The highest BCUT2D eigenvalue weighted by molar-refractivity contribution is 6.31. The van der Waals surface area contributed by atoms with Crippen molar-refractivity contribution in [3.05, 3.63) is 47.7 Å². The molecule has 2 atom stereocenters. The van der Waals surface area contributed by atoms with Crippen molar-refractivity contribution in [1.29, 1.82) is 0 Å². The van der Waals surface area contributed by atoms with Crippen LogP contribution in [0.4, 0.5) is 5.69 Å². The van der Waals surface area contributed by atoms with Gasteiger partial charge in [0.1, 0.15) is 0 Å². The summed E-state index contributed by atoms with van der Waals surface area (Å²) in [5.41, 5.74) is 1.68. The van der Waals surface area contributed by atoms with E-state index in [1.165, 1.54) is 0 Å². The average molecular weight is 275 g/mol. The molecule has 3 rings (SSSR count). The Balaban J connectivity index is 1.90. The normalized spacial score (nSPS) is 21.2. The van der Waals surface area contributed by atoms with Gasteiger partial charge in [0.15, 0.2) is 0 Å². The first kappa shape index (κ1) is 12.3. The average Bonchev–Trinajstić information content (AvgIpc) is 2.92. The molecular weight excluding hydrogens is 260 g/mol. The summed E-state index contributed by atoms with van der Waals surface area (Å²) >= 11 is 6.04. The Morgan fingerprint density at radius 3 is 2.68 bits per heavy atom. The molecule has 1 aromatic carbocycles. The smallest absolute Gasteiger partial charge is 0.227 e. The molecule has 1 amide bonds. The highest BCUT2D eigenvalue weighted by Gasteiger charge is 2.39. The maximum absolute atomic E-state index is 12.0. The quantitative estimate of drug-likeness (QED) is 0.909. The van der Waals surface area contributed by atoms with E-state index in [0.717, 1.165) is 17.8 Å². The van der Waals surface area contributed by atoms with Crippen molar-refractivity contribution >= 4 is 23.2 Å². The number of rotatable bonds is 3. The van der Waals surface area contributed by atoms with E-state index < -0.39 is 0 Å². The Hall–Kier alpha value is -1.74. The second kappa shape index (κ2) is 4.74. The molecule has 2 unspecified atom stereocenters. The molecule has 1 aromatic heterocycles. The van der Waals surface area contributed by atoms with Crippen LogP contribution in [-0.2, 0) is 4.79 Å². The number of hydrogen-bond acceptors (Lipinski definition) is 1. The van der Waals surface area contributed by atoms with Gasteiger partial charge in [0.2, 0.25) is 5.91 Å². The predicted molar refractivity (Wildman–Crippen MR) is 76.7 cm³/mol. The minimum Gasteiger partial charge on any atom is -0.324 e. The van der Waals surface area contributed by atoms with Crippen molar-refractivity contribution in [3.63, 3.8) is 0 Å². The Bertz CT molecular complexity index is 607. The largest absolute Gasteiger partial charge is 0.324 e. The van der Waals surface area contributed by atoms with Crippen molar-refractivity contribution < 1.29 is 4.79 Å². The van der Waals surface area contributed by atoms with Crippen LogP contribution in [0.15, 0.2) is 42.7 Å². The van der Waals surface area contributed by atoms with Gasteiger partial charge in [0.05, 0.1) is 11.4 Å². The van der Waals surface area contributed by atoms with E-state index in [-0.39, 0.29) is 11.8 Å². The van der Waals surface area contributed by atoms with Crippen LogP contribution >= 0.6 is 11.6 Å². The molecule has 98 valence electrons. The molecule has 1 saturated carbocycles. The Morgan fingerprint density at radius 2 is 2.05 bits per heavy atom. The van der Waals surface area contributed by atoms with Crippen molar-refractivity contribution in [1.82, 2.24) is 4.57 Å². The van der Waals surface area contributed by atoms with E-state index in [1.54, 1.807) is 6.07 Å². The Kier molecular flexibility index (Phi) is 3.07. The van der Waals surface area contributed by atoms with Gasteiger partial charge in [0.25, 0.3) is 0 Å². The molecule has 1 fully saturated rings. The standard InChI is InChI=1S/C15H15ClN2O/c1-10-8-12(10)15(19)17-13-5-4-11(16)9-14(13)18-6-2-3-7-18/h2-7,9-10,12H,8H2,1H3,(H,17,19). The van der Waals surface area contributed by atoms with Crippen LogP contribution in [0.25, 0.3) is 5.69 Å². The molecule has 2 aromatic rings. The van der Waals surface area contributed by atoms with E-state index in [2.05, 4.69) is 12.2 Å². The molecule has 4 heteroatoms. The number of carbonyl (C=O) groups is 1. The molecule has 1 N–H and O–H groups in total. The lowest BCUT2D eigenvalue weighted by Crippen LogP contribution is -2.15. The zero-order valence-electron chi connectivity index (χ0n) is 10.6. The molecule has 19 heavy (non-hydrogen) atoms. The fourth-order valence-electron chi connectivity index (χ4n) is 2.23. The molecule has 0 bridgehead atoms. The first-order chi connectivity index (χ1) is 9.15. The van der Waals surface area contributed by atoms with Gasteiger partial charge in [-0.25, -0.2) is 0 Å². The second-order valence-electron chi connectivity index (χ2n) is 5.06. The monoisotopic (exact) mass is 274 g/mol. The molecule has 0 aliphatic heterocycles. The highest BCUT2D eigenvalue weighted by Crippen LogP contribution is 2.39. The van der Waals surface area contributed by atoms with Crippen molar-refractivity contribution in [3.8, 4) is 5.69 Å². The summed E-state index contributed by atoms with van der Waals surface area (Å²) in [4.78, 5) is 12.0. The fourth-order valence-corrected chi connectivity index (χ4v) is 2.40. The van der Waals surface area contributed by atoms with E-state index >= 15 is 0 Å². The number of anilines is 1. The molecule has 1 aliphatic rings. The molecular formula is C15H15ClN2O. The molecule has 1 heterocycles. The Labute approximate surface area is 117 Å². The first-order valence-corrected chi connectivity index (χ1v) is 6.76. The van der Waals surface area contributed by atoms with Gasteiger partial charge in [-0.3, -0.25) is 4.79 Å². The predicted octanol–water partition coefficient (Wildman–Crippen LogP) is 3.73. The third-order valence-electron chi connectivity index (χ3n) is 3.55. The first-order valence-electron chi connectivity index (χ1n) is 6.39. The third-order valence-corrected chi connectivity index (χ3v) is 3.78. The Morgan fingerprint density at radius 1 is 1.37 bits per heavy atom. The summed E-state index contributed by atoms with van der Waals surface area (Å²) in [6, 6.07) is 9.38. The van der Waals surface area contributed by atoms with Crippen LogP contribution in [0.2, 0.25) is 5.02 Å². The number of nitrogens with one attached hydrogen (secondary N) is 1. The second-order valence-corrected chi connectivity index (χ2v) is 5.50. The van der Waals surface area contributed by atoms with Crippen molar-refractivity contribution in [2.24, 2.45) is 11.8 Å². The summed E-state index contributed by atoms with van der Waals surface area (Å²) in [5, 5.41) is 3.65. The number of carbonyl (C=O) groups excluding carboxylic acids is 1. The lowest BCUT2D eigenvalue weighted by molar-refractivity contribution is -0.117. The third kappa shape index (κ3) is 2.51. The number of amides is 1. The van der Waals surface area contributed by atoms with Gasteiger partial charge in [-0.15, -0.1) is 0 Å². The SMILES string of the molecule is CC1CC1C(=O)Nc1ccc(Cl)cc1-n1cccc1. The van der Waals surface area contributed by atoms with Gasteiger partial charge < -0.3 is 9.88 Å². The molecule has 0 saturated heterocycles. The molecule has 0 radical (unpaired) electrons. The molecule has 1 aliphatic carbocycles. The number of benzene rings is 1. The topological polar surface area (TPSA) is 34.0 Å². The number of halogens is 1. The molecule has 3 nitrogen and oxygen atoms in total. The van der Waals surface area contributed by atoms with E-state index in [9.17, 15) is 4.79 Å². The fraction of sp³-hybridized carbons (Fsp3) is 0.267. The number of nitrogens with zero attached hydrogens (tertiary/aromatic N) is 1. The zero-order valence-corrected chi connectivity index (χ0v) is 11.4. The van der Waals surface area contributed by atoms with Crippen molar-refractivity contribution in [2.45, 2.75) is 13.3 Å². The minimum atomic E-state index is 0.100. The van der Waals surface area contributed by atoms with Gasteiger partial charge in [-0.2, -0.15) is 0 Å². The minimum absolute atomic E-state index is 0.100. The van der Waals surface area contributed by atoms with Gasteiger partial charge in [-0.05, 0) is 42.7 Å². The number of hydrogen-bond donors (Lipinski definition) is 1. The van der Waals surface area contributed by atoms with Crippen LogP contribution in [0.1, 0.15) is 13.3 Å². The van der Waals surface area contributed by atoms with Gasteiger partial charge in [0, 0.05) is 23.3 Å². The summed E-state index contributed by atoms with van der Waals surface area (Å²) in [6.45, 7) is 2.10.